The number of hydrogen-bond acceptors (Lipinski definition) is 3. The molecule has 0 spiro atoms. The number of ketones is 1. The molecular formula is C13H24O3. The highest BCUT2D eigenvalue weighted by Gasteiger charge is 2.05. The zero-order valence-electron chi connectivity index (χ0n) is 10.8. The van der Waals surface area contributed by atoms with E-state index in [4.69, 9.17) is 4.74 Å². The molecular weight excluding hydrogens is 204 g/mol. The van der Waals surface area contributed by atoms with Crippen LogP contribution in [-0.4, -0.2) is 17.9 Å². The third-order valence-electron chi connectivity index (χ3n) is 2.46. The van der Waals surface area contributed by atoms with Crippen LogP contribution in [0.25, 0.3) is 0 Å². The van der Waals surface area contributed by atoms with Crippen molar-refractivity contribution in [3.63, 3.8) is 0 Å². The Hall–Kier alpha value is -0.860. The molecule has 0 amide bonds. The summed E-state index contributed by atoms with van der Waals surface area (Å²) in [6, 6.07) is 0. The van der Waals surface area contributed by atoms with Gasteiger partial charge in [0.1, 0.15) is 5.78 Å². The SMILES string of the molecule is CCCC(=O)CCCCCC(C)OC(C)=O. The van der Waals surface area contributed by atoms with E-state index < -0.39 is 0 Å². The van der Waals surface area contributed by atoms with Crippen LogP contribution in [0.1, 0.15) is 65.7 Å². The summed E-state index contributed by atoms with van der Waals surface area (Å²) in [5.41, 5.74) is 0. The third kappa shape index (κ3) is 9.69. The van der Waals surface area contributed by atoms with E-state index in [1.54, 1.807) is 0 Å². The third-order valence-corrected chi connectivity index (χ3v) is 2.46. The maximum absolute atomic E-state index is 11.2. The predicted octanol–water partition coefficient (Wildman–Crippen LogP) is 3.26. The van der Waals surface area contributed by atoms with Crippen molar-refractivity contribution in [1.29, 1.82) is 0 Å². The van der Waals surface area contributed by atoms with Crippen molar-refractivity contribution in [1.82, 2.24) is 0 Å². The number of hydrogen-bond donors (Lipinski definition) is 0. The van der Waals surface area contributed by atoms with E-state index in [9.17, 15) is 9.59 Å². The van der Waals surface area contributed by atoms with E-state index in [0.29, 0.717) is 18.6 Å². The molecule has 16 heavy (non-hydrogen) atoms. The smallest absolute Gasteiger partial charge is 0.302 e. The van der Waals surface area contributed by atoms with Crippen LogP contribution < -0.4 is 0 Å². The van der Waals surface area contributed by atoms with Gasteiger partial charge in [-0.05, 0) is 32.6 Å². The van der Waals surface area contributed by atoms with E-state index in [0.717, 1.165) is 32.1 Å². The Kier molecular flexibility index (Phi) is 8.87. The molecule has 0 aliphatic rings. The molecule has 3 heteroatoms. The van der Waals surface area contributed by atoms with Crippen LogP contribution in [0.4, 0.5) is 0 Å². The Morgan fingerprint density at radius 1 is 1.12 bits per heavy atom. The van der Waals surface area contributed by atoms with Gasteiger partial charge in [0.15, 0.2) is 0 Å². The first-order valence-corrected chi connectivity index (χ1v) is 6.25. The Morgan fingerprint density at radius 3 is 2.38 bits per heavy atom. The fourth-order valence-corrected chi connectivity index (χ4v) is 1.68. The van der Waals surface area contributed by atoms with E-state index in [2.05, 4.69) is 0 Å². The van der Waals surface area contributed by atoms with Crippen LogP contribution in [0.15, 0.2) is 0 Å². The average molecular weight is 228 g/mol. The zero-order valence-corrected chi connectivity index (χ0v) is 10.8. The molecule has 0 radical (unpaired) electrons. The highest BCUT2D eigenvalue weighted by Crippen LogP contribution is 2.09. The first-order valence-electron chi connectivity index (χ1n) is 6.25. The fraction of sp³-hybridized carbons (Fsp3) is 0.846. The van der Waals surface area contributed by atoms with Gasteiger partial charge in [-0.2, -0.15) is 0 Å². The molecule has 0 aromatic carbocycles. The average Bonchev–Trinajstić information content (AvgIpc) is 2.16. The monoisotopic (exact) mass is 228 g/mol. The summed E-state index contributed by atoms with van der Waals surface area (Å²) < 4.78 is 5.01. The molecule has 0 heterocycles. The van der Waals surface area contributed by atoms with Gasteiger partial charge >= 0.3 is 5.97 Å². The number of esters is 1. The van der Waals surface area contributed by atoms with Crippen LogP contribution in [0.3, 0.4) is 0 Å². The zero-order chi connectivity index (χ0) is 12.4. The molecule has 0 fully saturated rings. The lowest BCUT2D eigenvalue weighted by Crippen LogP contribution is -2.11. The summed E-state index contributed by atoms with van der Waals surface area (Å²) in [4.78, 5) is 21.9. The van der Waals surface area contributed by atoms with Gasteiger partial charge in [0, 0.05) is 19.8 Å². The first-order chi connectivity index (χ1) is 7.56. The molecule has 0 aromatic heterocycles. The summed E-state index contributed by atoms with van der Waals surface area (Å²) in [5, 5.41) is 0. The van der Waals surface area contributed by atoms with Crippen LogP contribution >= 0.6 is 0 Å². The molecule has 0 aromatic rings. The number of carbonyl (C=O) groups is 2. The first kappa shape index (κ1) is 15.1. The molecule has 0 rings (SSSR count). The van der Waals surface area contributed by atoms with Gasteiger partial charge in [-0.25, -0.2) is 0 Å². The number of unbranched alkanes of at least 4 members (excludes halogenated alkanes) is 2. The second-order valence-electron chi connectivity index (χ2n) is 4.31. The number of Topliss-reactive ketones (excluding diaryl/α,β-unsaturated/α-hetero) is 1. The van der Waals surface area contributed by atoms with Crippen LogP contribution in [-0.2, 0) is 14.3 Å². The second-order valence-corrected chi connectivity index (χ2v) is 4.31. The van der Waals surface area contributed by atoms with Crippen LogP contribution in [0.2, 0.25) is 0 Å². The van der Waals surface area contributed by atoms with Gasteiger partial charge in [0.05, 0.1) is 6.10 Å². The summed E-state index contributed by atoms with van der Waals surface area (Å²) in [6.45, 7) is 5.36. The lowest BCUT2D eigenvalue weighted by molar-refractivity contribution is -0.145. The predicted molar refractivity (Wildman–Crippen MR) is 64.2 cm³/mol. The minimum Gasteiger partial charge on any atom is -0.463 e. The summed E-state index contributed by atoms with van der Waals surface area (Å²) in [5.74, 6) is 0.154. The molecule has 1 unspecified atom stereocenters. The van der Waals surface area contributed by atoms with E-state index in [-0.39, 0.29) is 12.1 Å². The molecule has 0 saturated carbocycles. The van der Waals surface area contributed by atoms with Crippen molar-refractivity contribution in [3.8, 4) is 0 Å². The molecule has 1 atom stereocenters. The van der Waals surface area contributed by atoms with E-state index >= 15 is 0 Å². The van der Waals surface area contributed by atoms with Crippen molar-refractivity contribution in [2.24, 2.45) is 0 Å². The minimum absolute atomic E-state index is 0.00356. The highest BCUT2D eigenvalue weighted by atomic mass is 16.5. The quantitative estimate of drug-likeness (QED) is 0.449. The van der Waals surface area contributed by atoms with Crippen molar-refractivity contribution in [2.45, 2.75) is 71.8 Å². The van der Waals surface area contributed by atoms with Gasteiger partial charge in [0.25, 0.3) is 0 Å². The maximum atomic E-state index is 11.2. The second kappa shape index (κ2) is 9.37. The molecule has 0 aliphatic carbocycles. The Labute approximate surface area is 98.6 Å². The summed E-state index contributed by atoms with van der Waals surface area (Å²) >= 11 is 0. The van der Waals surface area contributed by atoms with Gasteiger partial charge < -0.3 is 4.74 Å². The lowest BCUT2D eigenvalue weighted by atomic mass is 10.1. The van der Waals surface area contributed by atoms with E-state index in [1.807, 2.05) is 13.8 Å². The topological polar surface area (TPSA) is 43.4 Å². The molecule has 94 valence electrons. The summed E-state index contributed by atoms with van der Waals surface area (Å²) in [7, 11) is 0. The standard InChI is InChI=1S/C13H24O3/c1-4-8-13(15)10-7-5-6-9-11(2)16-12(3)14/h11H,4-10H2,1-3H3. The lowest BCUT2D eigenvalue weighted by Gasteiger charge is -2.10. The number of ether oxygens (including phenoxy) is 1. The Balaban J connectivity index is 3.32. The van der Waals surface area contributed by atoms with Gasteiger partial charge in [-0.3, -0.25) is 9.59 Å². The van der Waals surface area contributed by atoms with E-state index in [1.165, 1.54) is 6.92 Å². The Morgan fingerprint density at radius 2 is 1.81 bits per heavy atom. The number of carbonyl (C=O) groups excluding carboxylic acids is 2. The van der Waals surface area contributed by atoms with Crippen molar-refractivity contribution < 1.29 is 14.3 Å². The van der Waals surface area contributed by atoms with Gasteiger partial charge in [-0.1, -0.05) is 13.3 Å². The van der Waals surface area contributed by atoms with Crippen molar-refractivity contribution in [3.05, 3.63) is 0 Å². The normalized spacial score (nSPS) is 12.2. The van der Waals surface area contributed by atoms with Crippen molar-refractivity contribution in [2.75, 3.05) is 0 Å². The Bertz CT molecular complexity index is 211. The summed E-state index contributed by atoms with van der Waals surface area (Å²) in [6.07, 6.45) is 6.29. The van der Waals surface area contributed by atoms with Crippen LogP contribution in [0.5, 0.6) is 0 Å². The minimum atomic E-state index is -0.217. The molecule has 0 bridgehead atoms. The number of rotatable bonds is 9. The van der Waals surface area contributed by atoms with Gasteiger partial charge in [0.2, 0.25) is 0 Å². The van der Waals surface area contributed by atoms with Crippen molar-refractivity contribution >= 4 is 11.8 Å². The highest BCUT2D eigenvalue weighted by molar-refractivity contribution is 5.78. The fourth-order valence-electron chi connectivity index (χ4n) is 1.68. The van der Waals surface area contributed by atoms with Crippen LogP contribution in [0, 0.1) is 0 Å². The largest absolute Gasteiger partial charge is 0.463 e. The molecule has 0 aliphatic heterocycles. The molecule has 3 nitrogen and oxygen atoms in total. The molecule has 0 N–H and O–H groups in total. The maximum Gasteiger partial charge on any atom is 0.302 e. The van der Waals surface area contributed by atoms with Gasteiger partial charge in [-0.15, -0.1) is 0 Å². The molecule has 0 saturated heterocycles.